The number of ether oxygens (including phenoxy) is 4. The van der Waals surface area contributed by atoms with E-state index in [4.69, 9.17) is 18.9 Å². The van der Waals surface area contributed by atoms with Gasteiger partial charge in [0.1, 0.15) is 11.5 Å². The quantitative estimate of drug-likeness (QED) is 0.0411. The first kappa shape index (κ1) is 39.8. The average Bonchev–Trinajstić information content (AvgIpc) is 3.44. The number of methoxy groups -OCH3 is 2. The Morgan fingerprint density at radius 3 is 1.29 bits per heavy atom. The number of fused-ring (bicyclic) bond motifs is 1. The average molecular weight is 731 g/mol. The third-order valence-electron chi connectivity index (χ3n) is 9.20. The van der Waals surface area contributed by atoms with Crippen LogP contribution in [0.25, 0.3) is 0 Å². The topological polar surface area (TPSA) is 185 Å². The van der Waals surface area contributed by atoms with Crippen molar-refractivity contribution >= 4 is 32.2 Å². The van der Waals surface area contributed by atoms with E-state index in [2.05, 4.69) is 24.3 Å². The van der Waals surface area contributed by atoms with Crippen molar-refractivity contribution < 1.29 is 114 Å². The predicted octanol–water partition coefficient (Wildman–Crippen LogP) is -3.26. The molecule has 250 valence electrons. The molecule has 0 saturated carbocycles. The van der Waals surface area contributed by atoms with Gasteiger partial charge in [0, 0.05) is 58.4 Å². The van der Waals surface area contributed by atoms with Gasteiger partial charge in [-0.15, -0.1) is 0 Å². The number of esters is 2. The van der Waals surface area contributed by atoms with Crippen molar-refractivity contribution in [2.45, 2.75) is 37.5 Å². The van der Waals surface area contributed by atoms with Crippen molar-refractivity contribution in [1.29, 1.82) is 0 Å². The molecule has 0 spiro atoms. The molecule has 12 nitrogen and oxygen atoms in total. The zero-order chi connectivity index (χ0) is 33.7. The van der Waals surface area contributed by atoms with Crippen molar-refractivity contribution in [1.82, 2.24) is 0 Å². The molecule has 0 unspecified atom stereocenters. The van der Waals surface area contributed by atoms with Crippen LogP contribution in [0.4, 0.5) is 0 Å². The van der Waals surface area contributed by atoms with Gasteiger partial charge in [0.25, 0.3) is 0 Å². The van der Waals surface area contributed by atoms with Crippen LogP contribution in [-0.2, 0) is 52.1 Å². The number of carbonyl (C=O) groups is 2. The molecule has 4 aliphatic rings. The Morgan fingerprint density at radius 1 is 0.673 bits per heavy atom. The largest absolute Gasteiger partial charge is 1.00 e. The molecular weight excluding hydrogens is 698 g/mol. The van der Waals surface area contributed by atoms with Crippen LogP contribution in [0.1, 0.15) is 69.2 Å². The summed E-state index contributed by atoms with van der Waals surface area (Å²) in [6.07, 6.45) is -0.990. The Balaban J connectivity index is 0.00000270. The van der Waals surface area contributed by atoms with E-state index in [1.165, 1.54) is 14.2 Å². The van der Waals surface area contributed by atoms with Gasteiger partial charge >= 0.3 is 71.1 Å². The van der Waals surface area contributed by atoms with E-state index >= 15 is 0 Å². The van der Waals surface area contributed by atoms with Gasteiger partial charge in [-0.3, -0.25) is 9.59 Å². The van der Waals surface area contributed by atoms with Crippen molar-refractivity contribution in [2.24, 2.45) is 5.41 Å². The minimum absolute atomic E-state index is 0. The maximum Gasteiger partial charge on any atom is 1.00 e. The molecule has 0 atom stereocenters. The Labute approximate surface area is 329 Å². The van der Waals surface area contributed by atoms with Gasteiger partial charge in [-0.2, -0.15) is 0 Å². The summed E-state index contributed by atoms with van der Waals surface area (Å²) in [7, 11) is -6.08. The van der Waals surface area contributed by atoms with Gasteiger partial charge in [0.2, 0.25) is 0 Å². The number of hydrogen-bond donors (Lipinski definition) is 0. The first-order valence-corrected chi connectivity index (χ1v) is 18.2. The van der Waals surface area contributed by atoms with E-state index in [-0.39, 0.29) is 96.6 Å². The van der Waals surface area contributed by atoms with Crippen LogP contribution in [0, 0.1) is 5.41 Å². The first-order valence-electron chi connectivity index (χ1n) is 15.0. The normalized spacial score (nSPS) is 17.6. The summed E-state index contributed by atoms with van der Waals surface area (Å²) in [5.41, 5.74) is 5.27. The van der Waals surface area contributed by atoms with Gasteiger partial charge < -0.3 is 28.1 Å². The molecule has 49 heavy (non-hydrogen) atoms. The second-order valence-electron chi connectivity index (χ2n) is 11.9. The predicted molar refractivity (Wildman–Crippen MR) is 164 cm³/mol. The summed E-state index contributed by atoms with van der Waals surface area (Å²) >= 11 is 0. The Morgan fingerprint density at radius 2 is 1.00 bits per heavy atom. The van der Waals surface area contributed by atoms with E-state index in [1.54, 1.807) is 0 Å². The molecule has 0 heterocycles. The molecule has 0 radical (unpaired) electrons. The summed E-state index contributed by atoms with van der Waals surface area (Å²) in [5.74, 6) is -3.01. The Kier molecular flexibility index (Phi) is 12.4. The maximum atomic E-state index is 13.8. The van der Waals surface area contributed by atoms with Crippen molar-refractivity contribution in [3.05, 3.63) is 93.0 Å². The molecule has 0 N–H and O–H groups in total. The van der Waals surface area contributed by atoms with Gasteiger partial charge in [-0.05, 0) is 35.1 Å². The molecule has 16 heteroatoms. The van der Waals surface area contributed by atoms with Crippen LogP contribution < -0.4 is 68.6 Å². The summed E-state index contributed by atoms with van der Waals surface area (Å²) in [4.78, 5) is 27.7. The smallest absolute Gasteiger partial charge is 0.748 e. The minimum atomic E-state index is -4.56. The Bertz CT molecular complexity index is 1810. The number of hydrogen-bond acceptors (Lipinski definition) is 12. The SMILES string of the molecule is COc1c2c(c(OC)c3c1C1c4ccccc4C3c3ccccc31)CC(C(=O)OCCCS(=O)(=O)[O-])(C(=O)OCCCS(=O)(=O)[O-])C2.[Na+].[Na+]. The minimum Gasteiger partial charge on any atom is -0.748 e. The molecule has 7 rings (SSSR count). The zero-order valence-electron chi connectivity index (χ0n) is 27.6. The van der Waals surface area contributed by atoms with Crippen LogP contribution in [0.5, 0.6) is 11.5 Å². The van der Waals surface area contributed by atoms with Gasteiger partial charge in [-0.1, -0.05) is 48.5 Å². The van der Waals surface area contributed by atoms with Gasteiger partial charge in [0.15, 0.2) is 5.41 Å². The molecule has 0 amide bonds. The zero-order valence-corrected chi connectivity index (χ0v) is 33.3. The van der Waals surface area contributed by atoms with Gasteiger partial charge in [-0.25, -0.2) is 16.8 Å². The van der Waals surface area contributed by atoms with Crippen LogP contribution in [0.15, 0.2) is 48.5 Å². The molecular formula is C33H32Na2O12S2. The standard InChI is InChI=1S/C33H34O12S2.2Na/c1-42-29-23-17-33(31(34)44-13-7-15-46(36,37)38,32(35)45-14-8-16-47(39,40)41)18-24(23)30(43-2)28-26-21-11-5-3-9-19(21)25(27(28)29)20-10-4-6-12-22(20)26;;/h3-6,9-12,25-26H,7-8,13-18H2,1-2H3,(H,36,37,38)(H,39,40,41);;/q;2*+1/p-2. The fraction of sp³-hybridized carbons (Fsp3) is 0.394. The van der Waals surface area contributed by atoms with Crippen LogP contribution in [-0.4, -0.2) is 76.8 Å². The number of rotatable bonds is 12. The molecule has 4 aliphatic carbocycles. The monoisotopic (exact) mass is 730 g/mol. The summed E-state index contributed by atoms with van der Waals surface area (Å²) in [6, 6.07) is 16.2. The maximum absolute atomic E-state index is 13.8. The third-order valence-corrected chi connectivity index (χ3v) is 10.8. The second-order valence-corrected chi connectivity index (χ2v) is 15.0. The van der Waals surface area contributed by atoms with Gasteiger partial charge in [0.05, 0.1) is 47.7 Å². The van der Waals surface area contributed by atoms with Crippen molar-refractivity contribution in [3.63, 3.8) is 0 Å². The molecule has 0 aliphatic heterocycles. The van der Waals surface area contributed by atoms with Crippen molar-refractivity contribution in [2.75, 3.05) is 38.9 Å². The molecule has 0 saturated heterocycles. The number of carbonyl (C=O) groups excluding carboxylic acids is 2. The van der Waals surface area contributed by atoms with E-state index in [0.29, 0.717) is 22.6 Å². The summed E-state index contributed by atoms with van der Waals surface area (Å²) < 4.78 is 89.6. The fourth-order valence-electron chi connectivity index (χ4n) is 7.40. The summed E-state index contributed by atoms with van der Waals surface area (Å²) in [6.45, 7) is -0.890. The van der Waals surface area contributed by atoms with E-state index in [9.17, 15) is 35.5 Å². The van der Waals surface area contributed by atoms with E-state index in [0.717, 1.165) is 33.4 Å². The van der Waals surface area contributed by atoms with Crippen LogP contribution >= 0.6 is 0 Å². The molecule has 0 aromatic heterocycles. The number of benzene rings is 3. The molecule has 0 fully saturated rings. The van der Waals surface area contributed by atoms with E-state index < -0.39 is 62.3 Å². The molecule has 3 aromatic carbocycles. The third kappa shape index (κ3) is 7.37. The summed E-state index contributed by atoms with van der Waals surface area (Å²) in [5, 5.41) is 0. The second kappa shape index (κ2) is 15.3. The molecule has 2 bridgehead atoms. The molecule has 3 aromatic rings. The van der Waals surface area contributed by atoms with E-state index in [1.807, 2.05) is 24.3 Å². The first-order chi connectivity index (χ1) is 22.3. The van der Waals surface area contributed by atoms with Crippen LogP contribution in [0.2, 0.25) is 0 Å². The van der Waals surface area contributed by atoms with Crippen LogP contribution in [0.3, 0.4) is 0 Å². The fourth-order valence-corrected chi connectivity index (χ4v) is 8.35. The Hall–Kier alpha value is -1.98. The van der Waals surface area contributed by atoms with Crippen molar-refractivity contribution in [3.8, 4) is 11.5 Å².